The van der Waals surface area contributed by atoms with Crippen molar-refractivity contribution in [3.05, 3.63) is 23.5 Å². The minimum Gasteiger partial charge on any atom is -0.345 e. The third-order valence-corrected chi connectivity index (χ3v) is 2.97. The number of hydrogen-bond donors (Lipinski definition) is 0. The zero-order valence-corrected chi connectivity index (χ0v) is 12.2. The molecule has 0 aliphatic rings. The van der Waals surface area contributed by atoms with Crippen molar-refractivity contribution in [1.82, 2.24) is 4.57 Å². The van der Waals surface area contributed by atoms with Gasteiger partial charge < -0.3 is 4.57 Å². The van der Waals surface area contributed by atoms with E-state index >= 15 is 0 Å². The van der Waals surface area contributed by atoms with Crippen LogP contribution in [0, 0.1) is 0 Å². The van der Waals surface area contributed by atoms with Crippen LogP contribution in [0.25, 0.3) is 0 Å². The molecule has 1 nitrogen and oxygen atoms in total. The molecule has 16 heavy (non-hydrogen) atoms. The zero-order valence-electron chi connectivity index (χ0n) is 12.2. The van der Waals surface area contributed by atoms with Gasteiger partial charge in [0.2, 0.25) is 0 Å². The Morgan fingerprint density at radius 1 is 1.00 bits per heavy atom. The van der Waals surface area contributed by atoms with E-state index in [0.29, 0.717) is 5.92 Å². The van der Waals surface area contributed by atoms with Gasteiger partial charge in [0.25, 0.3) is 0 Å². The minimum atomic E-state index is 0.162. The molecule has 1 heteroatoms. The molecule has 0 aliphatic heterocycles. The Morgan fingerprint density at radius 2 is 1.50 bits per heavy atom. The minimum absolute atomic E-state index is 0.162. The molecular weight excluding hydrogens is 194 g/mol. The van der Waals surface area contributed by atoms with Crippen LogP contribution in [0.3, 0.4) is 0 Å². The van der Waals surface area contributed by atoms with Gasteiger partial charge in [0.15, 0.2) is 0 Å². The predicted octanol–water partition coefficient (Wildman–Crippen LogP) is 4.66. The van der Waals surface area contributed by atoms with Crippen LogP contribution in [0.2, 0.25) is 0 Å². The fourth-order valence-electron chi connectivity index (χ4n) is 2.27. The summed E-state index contributed by atoms with van der Waals surface area (Å²) in [6.07, 6.45) is 2.25. The van der Waals surface area contributed by atoms with Gasteiger partial charge in [-0.2, -0.15) is 0 Å². The van der Waals surface area contributed by atoms with Crippen LogP contribution in [-0.2, 0) is 11.0 Å². The fraction of sp³-hybridized carbons (Fsp3) is 0.733. The van der Waals surface area contributed by atoms with Gasteiger partial charge in [0, 0.05) is 22.8 Å². The molecule has 0 aliphatic carbocycles. The molecular formula is C15H27N. The van der Waals surface area contributed by atoms with Gasteiger partial charge in [-0.1, -0.05) is 34.6 Å². The largest absolute Gasteiger partial charge is 0.345 e. The summed E-state index contributed by atoms with van der Waals surface area (Å²) in [7, 11) is 0. The summed E-state index contributed by atoms with van der Waals surface area (Å²) in [5, 5.41) is 0. The van der Waals surface area contributed by atoms with Crippen molar-refractivity contribution < 1.29 is 0 Å². The van der Waals surface area contributed by atoms with Crippen LogP contribution < -0.4 is 0 Å². The Kier molecular flexibility index (Phi) is 3.29. The maximum Gasteiger partial charge on any atom is 0.0358 e. The molecule has 0 bridgehead atoms. The first-order valence-electron chi connectivity index (χ1n) is 6.27. The van der Waals surface area contributed by atoms with Crippen molar-refractivity contribution in [1.29, 1.82) is 0 Å². The average molecular weight is 221 g/mol. The van der Waals surface area contributed by atoms with Crippen molar-refractivity contribution in [2.75, 3.05) is 0 Å². The molecule has 0 unspecified atom stereocenters. The van der Waals surface area contributed by atoms with Crippen LogP contribution in [0.5, 0.6) is 0 Å². The van der Waals surface area contributed by atoms with Gasteiger partial charge in [-0.3, -0.25) is 0 Å². The number of aromatic nitrogens is 1. The second kappa shape index (κ2) is 3.94. The van der Waals surface area contributed by atoms with Crippen molar-refractivity contribution in [2.24, 2.45) is 0 Å². The van der Waals surface area contributed by atoms with E-state index in [1.807, 2.05) is 0 Å². The molecule has 1 aromatic heterocycles. The molecule has 0 amide bonds. The first kappa shape index (κ1) is 13.3. The molecule has 0 atom stereocenters. The first-order valence-corrected chi connectivity index (χ1v) is 6.27. The van der Waals surface area contributed by atoms with Gasteiger partial charge in [-0.05, 0) is 38.3 Å². The molecule has 1 heterocycles. The summed E-state index contributed by atoms with van der Waals surface area (Å²) >= 11 is 0. The van der Waals surface area contributed by atoms with Crippen molar-refractivity contribution in [3.63, 3.8) is 0 Å². The Hall–Kier alpha value is -0.720. The van der Waals surface area contributed by atoms with E-state index in [-0.39, 0.29) is 11.0 Å². The summed E-state index contributed by atoms with van der Waals surface area (Å²) in [6.45, 7) is 18.3. The zero-order chi connectivity index (χ0) is 12.7. The van der Waals surface area contributed by atoms with E-state index in [1.165, 1.54) is 11.3 Å². The topological polar surface area (TPSA) is 4.93 Å². The van der Waals surface area contributed by atoms with E-state index in [1.54, 1.807) is 0 Å². The van der Waals surface area contributed by atoms with Crippen molar-refractivity contribution >= 4 is 0 Å². The molecule has 1 rings (SSSR count). The highest BCUT2D eigenvalue weighted by molar-refractivity contribution is 5.32. The highest BCUT2D eigenvalue weighted by Crippen LogP contribution is 2.34. The molecule has 92 valence electrons. The first-order chi connectivity index (χ1) is 7.05. The maximum absolute atomic E-state index is 2.43. The maximum atomic E-state index is 2.43. The normalized spacial score (nSPS) is 13.6. The highest BCUT2D eigenvalue weighted by Gasteiger charge is 2.27. The highest BCUT2D eigenvalue weighted by atomic mass is 15.0. The molecule has 1 aromatic rings. The molecule has 0 radical (unpaired) electrons. The Morgan fingerprint density at radius 3 is 1.81 bits per heavy atom. The molecule has 0 saturated carbocycles. The van der Waals surface area contributed by atoms with Crippen molar-refractivity contribution in [3.8, 4) is 0 Å². The average Bonchev–Trinajstić information content (AvgIpc) is 2.43. The fourth-order valence-corrected chi connectivity index (χ4v) is 2.27. The lowest BCUT2D eigenvalue weighted by Gasteiger charge is -2.32. The lowest BCUT2D eigenvalue weighted by atomic mass is 9.85. The summed E-state index contributed by atoms with van der Waals surface area (Å²) in [4.78, 5) is 0. The van der Waals surface area contributed by atoms with E-state index < -0.39 is 0 Å². The smallest absolute Gasteiger partial charge is 0.0358 e. The molecule has 0 N–H and O–H groups in total. The second-order valence-corrected chi connectivity index (χ2v) is 7.07. The Balaban J connectivity index is 3.44. The summed E-state index contributed by atoms with van der Waals surface area (Å²) in [6, 6.07) is 2.29. The third-order valence-electron chi connectivity index (χ3n) is 2.97. The van der Waals surface area contributed by atoms with E-state index in [4.69, 9.17) is 0 Å². The standard InChI is InChI=1S/C15H27N/c1-11(2)12-9-10-16(15(6,7)8)13(12)14(3,4)5/h9-11H,1-8H3. The molecule has 0 aromatic carbocycles. The third kappa shape index (κ3) is 2.50. The Bertz CT molecular complexity index is 356. The lowest BCUT2D eigenvalue weighted by molar-refractivity contribution is 0.358. The summed E-state index contributed by atoms with van der Waals surface area (Å²) < 4.78 is 2.43. The SMILES string of the molecule is CC(C)c1ccn(C(C)(C)C)c1C(C)(C)C. The summed E-state index contributed by atoms with van der Waals surface area (Å²) in [5.74, 6) is 0.595. The van der Waals surface area contributed by atoms with E-state index in [2.05, 4.69) is 72.2 Å². The number of hydrogen-bond acceptors (Lipinski definition) is 0. The van der Waals surface area contributed by atoms with Gasteiger partial charge in [-0.15, -0.1) is 0 Å². The predicted molar refractivity (Wildman–Crippen MR) is 72.2 cm³/mol. The van der Waals surface area contributed by atoms with Crippen LogP contribution in [0.15, 0.2) is 12.3 Å². The van der Waals surface area contributed by atoms with Gasteiger partial charge in [0.1, 0.15) is 0 Å². The van der Waals surface area contributed by atoms with E-state index in [0.717, 1.165) is 0 Å². The monoisotopic (exact) mass is 221 g/mol. The quantitative estimate of drug-likeness (QED) is 0.650. The molecule has 0 fully saturated rings. The van der Waals surface area contributed by atoms with Crippen LogP contribution in [0.1, 0.15) is 72.6 Å². The number of rotatable bonds is 1. The van der Waals surface area contributed by atoms with Gasteiger partial charge in [-0.25, -0.2) is 0 Å². The molecule has 0 saturated heterocycles. The Labute approximate surface area is 101 Å². The number of nitrogens with zero attached hydrogens (tertiary/aromatic N) is 1. The van der Waals surface area contributed by atoms with E-state index in [9.17, 15) is 0 Å². The van der Waals surface area contributed by atoms with Gasteiger partial charge in [0.05, 0.1) is 0 Å². The molecule has 0 spiro atoms. The lowest BCUT2D eigenvalue weighted by Crippen LogP contribution is -2.29. The van der Waals surface area contributed by atoms with Crippen LogP contribution in [0.4, 0.5) is 0 Å². The second-order valence-electron chi connectivity index (χ2n) is 7.07. The van der Waals surface area contributed by atoms with Crippen molar-refractivity contribution in [2.45, 2.75) is 72.3 Å². The van der Waals surface area contributed by atoms with Gasteiger partial charge >= 0.3 is 0 Å². The summed E-state index contributed by atoms with van der Waals surface area (Å²) in [5.41, 5.74) is 3.34. The van der Waals surface area contributed by atoms with Crippen LogP contribution >= 0.6 is 0 Å². The van der Waals surface area contributed by atoms with Crippen LogP contribution in [-0.4, -0.2) is 4.57 Å².